The highest BCUT2D eigenvalue weighted by Gasteiger charge is 2.27. The normalized spacial score (nSPS) is 17.2. The van der Waals surface area contributed by atoms with E-state index >= 15 is 0 Å². The summed E-state index contributed by atoms with van der Waals surface area (Å²) in [6, 6.07) is 8.11. The maximum absolute atomic E-state index is 12.7. The van der Waals surface area contributed by atoms with Gasteiger partial charge in [-0.05, 0) is 31.9 Å². The molecule has 1 atom stereocenters. The molecule has 3 heterocycles. The van der Waals surface area contributed by atoms with Crippen LogP contribution in [-0.4, -0.2) is 49.5 Å². The van der Waals surface area contributed by atoms with E-state index in [4.69, 9.17) is 10.8 Å². The van der Waals surface area contributed by atoms with Gasteiger partial charge >= 0.3 is 0 Å². The summed E-state index contributed by atoms with van der Waals surface area (Å²) in [4.78, 5) is 31.2. The van der Waals surface area contributed by atoms with Gasteiger partial charge in [0.25, 0.3) is 5.56 Å². The third-order valence-electron chi connectivity index (χ3n) is 4.78. The summed E-state index contributed by atoms with van der Waals surface area (Å²) in [5.74, 6) is 6.16. The van der Waals surface area contributed by atoms with E-state index in [9.17, 15) is 9.59 Å². The Hall–Kier alpha value is -2.46. The minimum absolute atomic E-state index is 0.00522. The van der Waals surface area contributed by atoms with Gasteiger partial charge in [-0.2, -0.15) is 4.68 Å². The first-order valence-electron chi connectivity index (χ1n) is 9.00. The van der Waals surface area contributed by atoms with Crippen LogP contribution in [0.5, 0.6) is 0 Å². The van der Waals surface area contributed by atoms with E-state index in [2.05, 4.69) is 16.3 Å². The monoisotopic (exact) mass is 416 g/mol. The third-order valence-corrected chi connectivity index (χ3v) is 6.91. The number of aromatic nitrogens is 4. The van der Waals surface area contributed by atoms with E-state index in [-0.39, 0.29) is 28.4 Å². The molecule has 1 aliphatic heterocycles. The van der Waals surface area contributed by atoms with Gasteiger partial charge in [0.05, 0.1) is 21.0 Å². The number of aryl methyl sites for hydroxylation is 1. The van der Waals surface area contributed by atoms with Gasteiger partial charge in [0.1, 0.15) is 5.69 Å². The summed E-state index contributed by atoms with van der Waals surface area (Å²) >= 11 is 2.84. The SMILES string of the molecule is Cc1nnc(SCC(=O)N2CCC[C@H](c3nc4ccccc4s3)C2)n(N)c1=O. The van der Waals surface area contributed by atoms with Crippen molar-refractivity contribution in [2.45, 2.75) is 30.8 Å². The number of nitrogens with zero attached hydrogens (tertiary/aromatic N) is 5. The highest BCUT2D eigenvalue weighted by Crippen LogP contribution is 2.33. The first-order valence-corrected chi connectivity index (χ1v) is 10.8. The fourth-order valence-corrected chi connectivity index (χ4v) is 5.10. The number of benzene rings is 1. The summed E-state index contributed by atoms with van der Waals surface area (Å²) in [6.45, 7) is 2.94. The van der Waals surface area contributed by atoms with Crippen molar-refractivity contribution in [2.75, 3.05) is 24.7 Å². The molecule has 1 aliphatic rings. The number of nitrogens with two attached hydrogens (primary N) is 1. The van der Waals surface area contributed by atoms with E-state index in [0.717, 1.165) is 46.3 Å². The van der Waals surface area contributed by atoms with Crippen LogP contribution >= 0.6 is 23.1 Å². The molecule has 146 valence electrons. The number of piperidine rings is 1. The molecule has 4 rings (SSSR count). The molecule has 1 amide bonds. The molecule has 8 nitrogen and oxygen atoms in total. The van der Waals surface area contributed by atoms with Crippen molar-refractivity contribution in [2.24, 2.45) is 0 Å². The van der Waals surface area contributed by atoms with Gasteiger partial charge < -0.3 is 10.7 Å². The number of likely N-dealkylation sites (tertiary alicyclic amines) is 1. The fourth-order valence-electron chi connectivity index (χ4n) is 3.26. The number of hydrogen-bond donors (Lipinski definition) is 1. The second-order valence-corrected chi connectivity index (χ2v) is 8.74. The number of thioether (sulfide) groups is 1. The number of thiazole rings is 1. The molecule has 1 saturated heterocycles. The smallest absolute Gasteiger partial charge is 0.294 e. The number of nitrogen functional groups attached to an aromatic ring is 1. The molecule has 1 fully saturated rings. The summed E-state index contributed by atoms with van der Waals surface area (Å²) in [7, 11) is 0. The molecule has 2 aromatic heterocycles. The Kier molecular flexibility index (Phi) is 5.31. The topological polar surface area (TPSA) is 107 Å². The Morgan fingerprint density at radius 3 is 3.00 bits per heavy atom. The zero-order valence-corrected chi connectivity index (χ0v) is 17.0. The summed E-state index contributed by atoms with van der Waals surface area (Å²) in [5, 5.41) is 9.03. The number of hydrogen-bond acceptors (Lipinski definition) is 8. The Labute approximate surface area is 169 Å². The number of rotatable bonds is 4. The van der Waals surface area contributed by atoms with E-state index in [1.54, 1.807) is 18.3 Å². The fraction of sp³-hybridized carbons (Fsp3) is 0.389. The Morgan fingerprint density at radius 1 is 1.36 bits per heavy atom. The van der Waals surface area contributed by atoms with E-state index in [1.165, 1.54) is 4.70 Å². The second kappa shape index (κ2) is 7.88. The van der Waals surface area contributed by atoms with Gasteiger partial charge in [-0.15, -0.1) is 21.5 Å². The lowest BCUT2D eigenvalue weighted by Crippen LogP contribution is -2.40. The zero-order valence-electron chi connectivity index (χ0n) is 15.4. The second-order valence-electron chi connectivity index (χ2n) is 6.73. The van der Waals surface area contributed by atoms with Crippen LogP contribution in [0.15, 0.2) is 34.2 Å². The van der Waals surface area contributed by atoms with Gasteiger partial charge in [0.2, 0.25) is 11.1 Å². The average molecular weight is 417 g/mol. The van der Waals surface area contributed by atoms with Crippen molar-refractivity contribution >= 4 is 39.2 Å². The molecular formula is C18H20N6O2S2. The van der Waals surface area contributed by atoms with Crippen LogP contribution in [0, 0.1) is 6.92 Å². The largest absolute Gasteiger partial charge is 0.341 e. The molecule has 0 spiro atoms. The average Bonchev–Trinajstić information content (AvgIpc) is 3.16. The summed E-state index contributed by atoms with van der Waals surface area (Å²) in [6.07, 6.45) is 1.98. The number of carbonyl (C=O) groups is 1. The third kappa shape index (κ3) is 3.74. The van der Waals surface area contributed by atoms with Gasteiger partial charge in [-0.25, -0.2) is 4.98 Å². The molecule has 0 saturated carbocycles. The summed E-state index contributed by atoms with van der Waals surface area (Å²) < 4.78 is 2.12. The lowest BCUT2D eigenvalue weighted by atomic mass is 9.99. The molecule has 3 aromatic rings. The van der Waals surface area contributed by atoms with Crippen molar-refractivity contribution in [1.29, 1.82) is 0 Å². The molecule has 0 radical (unpaired) electrons. The highest BCUT2D eigenvalue weighted by molar-refractivity contribution is 7.99. The van der Waals surface area contributed by atoms with Gasteiger partial charge in [0.15, 0.2) is 0 Å². The molecule has 28 heavy (non-hydrogen) atoms. The van der Waals surface area contributed by atoms with Crippen LogP contribution < -0.4 is 11.4 Å². The van der Waals surface area contributed by atoms with E-state index < -0.39 is 5.56 Å². The molecule has 1 aromatic carbocycles. The molecule has 10 heteroatoms. The van der Waals surface area contributed by atoms with Crippen LogP contribution in [0.25, 0.3) is 10.2 Å². The summed E-state index contributed by atoms with van der Waals surface area (Å²) in [5.41, 5.74) is 0.840. The Morgan fingerprint density at radius 2 is 2.18 bits per heavy atom. The number of para-hydroxylation sites is 1. The minimum Gasteiger partial charge on any atom is -0.341 e. The quantitative estimate of drug-likeness (QED) is 0.510. The Balaban J connectivity index is 1.42. The molecular weight excluding hydrogens is 396 g/mol. The zero-order chi connectivity index (χ0) is 19.7. The van der Waals surface area contributed by atoms with E-state index in [1.807, 2.05) is 23.1 Å². The van der Waals surface area contributed by atoms with Crippen molar-refractivity contribution in [3.63, 3.8) is 0 Å². The first-order chi connectivity index (χ1) is 13.5. The van der Waals surface area contributed by atoms with Crippen LogP contribution in [0.4, 0.5) is 0 Å². The van der Waals surface area contributed by atoms with Crippen LogP contribution in [0.1, 0.15) is 29.5 Å². The van der Waals surface area contributed by atoms with Crippen LogP contribution in [0.2, 0.25) is 0 Å². The first kappa shape index (κ1) is 18.9. The molecule has 0 unspecified atom stereocenters. The van der Waals surface area contributed by atoms with Gasteiger partial charge in [-0.3, -0.25) is 9.59 Å². The van der Waals surface area contributed by atoms with Crippen molar-refractivity contribution in [3.8, 4) is 0 Å². The standard InChI is InChI=1S/C18H20N6O2S2/c1-11-17(26)24(19)18(22-21-11)27-10-15(25)23-8-4-5-12(9-23)16-20-13-6-2-3-7-14(13)28-16/h2-3,6-7,12H,4-5,8-10,19H2,1H3/t12-/m0/s1. The maximum Gasteiger partial charge on any atom is 0.294 e. The molecule has 0 bridgehead atoms. The molecule has 2 N–H and O–H groups in total. The van der Waals surface area contributed by atoms with Crippen molar-refractivity contribution in [1.82, 2.24) is 24.8 Å². The Bertz CT molecular complexity index is 1050. The van der Waals surface area contributed by atoms with Crippen molar-refractivity contribution < 1.29 is 4.79 Å². The lowest BCUT2D eigenvalue weighted by molar-refractivity contribution is -0.129. The van der Waals surface area contributed by atoms with Gasteiger partial charge in [0, 0.05) is 19.0 Å². The van der Waals surface area contributed by atoms with Crippen LogP contribution in [-0.2, 0) is 4.79 Å². The number of fused-ring (bicyclic) bond motifs is 1. The predicted molar refractivity (Wildman–Crippen MR) is 110 cm³/mol. The van der Waals surface area contributed by atoms with Gasteiger partial charge in [-0.1, -0.05) is 23.9 Å². The van der Waals surface area contributed by atoms with E-state index in [0.29, 0.717) is 6.54 Å². The highest BCUT2D eigenvalue weighted by atomic mass is 32.2. The predicted octanol–water partition coefficient (Wildman–Crippen LogP) is 1.77. The minimum atomic E-state index is -0.404. The number of carbonyl (C=O) groups excluding carboxylic acids is 1. The molecule has 0 aliphatic carbocycles. The maximum atomic E-state index is 12.7. The number of amides is 1. The lowest BCUT2D eigenvalue weighted by Gasteiger charge is -2.31. The van der Waals surface area contributed by atoms with Crippen LogP contribution in [0.3, 0.4) is 0 Å². The van der Waals surface area contributed by atoms with Crippen molar-refractivity contribution in [3.05, 3.63) is 45.3 Å².